The number of carbonyl (C=O) groups excluding carboxylic acids is 1. The maximum Gasteiger partial charge on any atom is 0.418 e. The van der Waals surface area contributed by atoms with Crippen LogP contribution in [-0.2, 0) is 10.5 Å². The van der Waals surface area contributed by atoms with Crippen molar-refractivity contribution in [3.05, 3.63) is 65.0 Å². The van der Waals surface area contributed by atoms with Gasteiger partial charge in [0.15, 0.2) is 0 Å². The Balaban J connectivity index is 2.28. The minimum absolute atomic E-state index is 0.0290. The van der Waals surface area contributed by atoms with E-state index in [4.69, 9.17) is 5.11 Å². The van der Waals surface area contributed by atoms with Crippen molar-refractivity contribution in [2.45, 2.75) is 12.6 Å². The van der Waals surface area contributed by atoms with Crippen molar-refractivity contribution in [3.8, 4) is 0 Å². The Morgan fingerprint density at radius 3 is 2.41 bits per heavy atom. The molecule has 0 aliphatic carbocycles. The third kappa shape index (κ3) is 1.80. The first kappa shape index (κ1) is 14.2. The Morgan fingerprint density at radius 2 is 1.82 bits per heavy atom. The third-order valence-electron chi connectivity index (χ3n) is 3.71. The van der Waals surface area contributed by atoms with E-state index in [0.29, 0.717) is 4.90 Å². The van der Waals surface area contributed by atoms with Crippen LogP contribution in [0.4, 0.5) is 19.3 Å². The van der Waals surface area contributed by atoms with Gasteiger partial charge in [0.2, 0.25) is 5.67 Å². The van der Waals surface area contributed by atoms with Gasteiger partial charge in [-0.15, -0.1) is 0 Å². The molecule has 0 aromatic heterocycles. The number of halogens is 2. The second-order valence-corrected chi connectivity index (χ2v) is 5.11. The Morgan fingerprint density at radius 1 is 1.18 bits per heavy atom. The van der Waals surface area contributed by atoms with Crippen molar-refractivity contribution in [2.75, 3.05) is 4.90 Å². The Labute approximate surface area is 124 Å². The first-order chi connectivity index (χ1) is 10.4. The zero-order valence-corrected chi connectivity index (χ0v) is 11.5. The number of carbonyl (C=O) groups is 2. The number of anilines is 1. The summed E-state index contributed by atoms with van der Waals surface area (Å²) in [5.74, 6) is -2.00. The number of aryl methyl sites for hydroxylation is 1. The fourth-order valence-electron chi connectivity index (χ4n) is 2.61. The Bertz CT molecular complexity index is 788. The number of hydrogen-bond acceptors (Lipinski definition) is 2. The molecule has 3 rings (SSSR count). The van der Waals surface area contributed by atoms with Gasteiger partial charge >= 0.3 is 6.09 Å². The number of carboxylic acid groups (broad SMARTS) is 1. The molecular formula is C16H11F2NO3. The van der Waals surface area contributed by atoms with Gasteiger partial charge in [-0.1, -0.05) is 29.8 Å². The molecule has 1 heterocycles. The van der Waals surface area contributed by atoms with Crippen LogP contribution in [0, 0.1) is 12.7 Å². The molecule has 6 heteroatoms. The molecule has 22 heavy (non-hydrogen) atoms. The van der Waals surface area contributed by atoms with Crippen LogP contribution < -0.4 is 4.90 Å². The number of fused-ring (bicyclic) bond motifs is 1. The van der Waals surface area contributed by atoms with Crippen molar-refractivity contribution >= 4 is 17.7 Å². The van der Waals surface area contributed by atoms with Gasteiger partial charge in [-0.25, -0.2) is 18.5 Å². The van der Waals surface area contributed by atoms with Crippen molar-refractivity contribution in [3.63, 3.8) is 0 Å². The van der Waals surface area contributed by atoms with E-state index in [1.54, 1.807) is 19.1 Å². The number of rotatable bonds is 1. The summed E-state index contributed by atoms with van der Waals surface area (Å²) < 4.78 is 29.0. The molecule has 1 atom stereocenters. The zero-order valence-electron chi connectivity index (χ0n) is 11.5. The van der Waals surface area contributed by atoms with Crippen LogP contribution >= 0.6 is 0 Å². The highest BCUT2D eigenvalue weighted by atomic mass is 19.1. The summed E-state index contributed by atoms with van der Waals surface area (Å²) in [6.45, 7) is 1.79. The third-order valence-corrected chi connectivity index (χ3v) is 3.71. The normalized spacial score (nSPS) is 20.1. The molecule has 0 bridgehead atoms. The minimum atomic E-state index is -2.72. The standard InChI is InChI=1S/C16H11F2NO3/c1-9-2-4-10(5-3-9)16(18)12-8-11(17)6-7-13(12)19(14(16)20)15(21)22/h2-8H,1H3,(H,21,22). The quantitative estimate of drug-likeness (QED) is 0.878. The smallest absolute Gasteiger partial charge is 0.418 e. The van der Waals surface area contributed by atoms with Crippen LogP contribution in [0.2, 0.25) is 0 Å². The average molecular weight is 303 g/mol. The topological polar surface area (TPSA) is 57.6 Å². The van der Waals surface area contributed by atoms with Gasteiger partial charge < -0.3 is 5.11 Å². The lowest BCUT2D eigenvalue weighted by molar-refractivity contribution is -0.126. The van der Waals surface area contributed by atoms with Crippen molar-refractivity contribution in [1.82, 2.24) is 0 Å². The predicted octanol–water partition coefficient (Wildman–Crippen LogP) is 3.37. The largest absolute Gasteiger partial charge is 0.464 e. The molecule has 1 N–H and O–H groups in total. The first-order valence-corrected chi connectivity index (χ1v) is 6.49. The highest BCUT2D eigenvalue weighted by Gasteiger charge is 2.55. The van der Waals surface area contributed by atoms with Gasteiger partial charge in [-0.2, -0.15) is 0 Å². The van der Waals surface area contributed by atoms with E-state index in [9.17, 15) is 14.0 Å². The summed E-state index contributed by atoms with van der Waals surface area (Å²) >= 11 is 0. The van der Waals surface area contributed by atoms with Crippen LogP contribution in [0.5, 0.6) is 0 Å². The van der Waals surface area contributed by atoms with Gasteiger partial charge in [-0.3, -0.25) is 4.79 Å². The molecule has 0 saturated heterocycles. The van der Waals surface area contributed by atoms with Gasteiger partial charge in [0.25, 0.3) is 5.91 Å². The Kier molecular flexibility index (Phi) is 2.98. The first-order valence-electron chi connectivity index (χ1n) is 6.49. The van der Waals surface area contributed by atoms with Crippen LogP contribution in [0.25, 0.3) is 0 Å². The monoisotopic (exact) mass is 303 g/mol. The molecule has 0 fully saturated rings. The van der Waals surface area contributed by atoms with E-state index < -0.39 is 23.5 Å². The fraction of sp³-hybridized carbons (Fsp3) is 0.125. The molecule has 2 amide bonds. The van der Waals surface area contributed by atoms with Crippen LogP contribution in [-0.4, -0.2) is 17.1 Å². The van der Waals surface area contributed by atoms with Crippen LogP contribution in [0.15, 0.2) is 42.5 Å². The molecule has 0 radical (unpaired) electrons. The molecule has 1 unspecified atom stereocenters. The van der Waals surface area contributed by atoms with Gasteiger partial charge in [0.05, 0.1) is 5.69 Å². The van der Waals surface area contributed by atoms with Crippen LogP contribution in [0.3, 0.4) is 0 Å². The lowest BCUT2D eigenvalue weighted by Crippen LogP contribution is -2.40. The summed E-state index contributed by atoms with van der Waals surface area (Å²) in [4.78, 5) is 24.0. The molecule has 0 spiro atoms. The lowest BCUT2D eigenvalue weighted by atomic mass is 9.89. The van der Waals surface area contributed by atoms with E-state index in [1.807, 2.05) is 0 Å². The van der Waals surface area contributed by atoms with Gasteiger partial charge in [0.1, 0.15) is 5.82 Å². The zero-order chi connectivity index (χ0) is 16.1. The van der Waals surface area contributed by atoms with E-state index >= 15 is 4.39 Å². The molecule has 112 valence electrons. The number of alkyl halides is 1. The summed E-state index contributed by atoms with van der Waals surface area (Å²) in [6.07, 6.45) is -1.61. The molecule has 1 aliphatic heterocycles. The highest BCUT2D eigenvalue weighted by Crippen LogP contribution is 2.47. The molecule has 2 aromatic rings. The van der Waals surface area contributed by atoms with Crippen molar-refractivity contribution < 1.29 is 23.5 Å². The SMILES string of the molecule is Cc1ccc(C2(F)C(=O)N(C(=O)O)c3ccc(F)cc32)cc1. The maximum atomic E-state index is 15.5. The average Bonchev–Trinajstić information content (AvgIpc) is 2.69. The second kappa shape index (κ2) is 4.62. The predicted molar refractivity (Wildman–Crippen MR) is 75.0 cm³/mol. The second-order valence-electron chi connectivity index (χ2n) is 5.11. The molecule has 1 aliphatic rings. The van der Waals surface area contributed by atoms with Crippen molar-refractivity contribution in [1.29, 1.82) is 0 Å². The lowest BCUT2D eigenvalue weighted by Gasteiger charge is -2.19. The molecule has 0 saturated carbocycles. The minimum Gasteiger partial charge on any atom is -0.464 e. The Hall–Kier alpha value is -2.76. The van der Waals surface area contributed by atoms with E-state index in [1.165, 1.54) is 12.1 Å². The number of nitrogens with zero attached hydrogens (tertiary/aromatic N) is 1. The molecule has 2 aromatic carbocycles. The number of amides is 2. The van der Waals surface area contributed by atoms with Gasteiger partial charge in [0, 0.05) is 11.1 Å². The van der Waals surface area contributed by atoms with E-state index in [-0.39, 0.29) is 16.8 Å². The molecule has 4 nitrogen and oxygen atoms in total. The summed E-state index contributed by atoms with van der Waals surface area (Å²) in [6, 6.07) is 8.93. The summed E-state index contributed by atoms with van der Waals surface area (Å²) in [5.41, 5.74) is -2.36. The fourth-order valence-corrected chi connectivity index (χ4v) is 2.61. The van der Waals surface area contributed by atoms with Gasteiger partial charge in [-0.05, 0) is 25.1 Å². The van der Waals surface area contributed by atoms with E-state index in [0.717, 1.165) is 23.8 Å². The number of hydrogen-bond donors (Lipinski definition) is 1. The number of benzene rings is 2. The van der Waals surface area contributed by atoms with Crippen LogP contribution in [0.1, 0.15) is 16.7 Å². The number of imide groups is 1. The van der Waals surface area contributed by atoms with Crippen molar-refractivity contribution in [2.24, 2.45) is 0 Å². The molecular weight excluding hydrogens is 292 g/mol. The summed E-state index contributed by atoms with van der Waals surface area (Å²) in [7, 11) is 0. The highest BCUT2D eigenvalue weighted by molar-refractivity contribution is 6.21. The van der Waals surface area contributed by atoms with E-state index in [2.05, 4.69) is 0 Å². The maximum absolute atomic E-state index is 15.5. The summed E-state index contributed by atoms with van der Waals surface area (Å²) in [5, 5.41) is 9.17.